The third-order valence-electron chi connectivity index (χ3n) is 4.19. The molecule has 0 saturated carbocycles. The molecule has 1 heterocycles. The van der Waals surface area contributed by atoms with Crippen LogP contribution in [0.2, 0.25) is 5.02 Å². The topological polar surface area (TPSA) is 32.3 Å². The molecule has 2 aromatic carbocycles. The zero-order chi connectivity index (χ0) is 18.2. The number of nitrogens with one attached hydrogen (secondary N) is 1. The number of fused-ring (bicyclic) bond motifs is 1. The zero-order valence-corrected chi connectivity index (χ0v) is 14.2. The number of carbonyl (C=O) groups excluding carboxylic acids is 1. The molecule has 2 aromatic rings. The fourth-order valence-electron chi connectivity index (χ4n) is 3.06. The molecule has 3 rings (SSSR count). The van der Waals surface area contributed by atoms with Crippen molar-refractivity contribution < 1.29 is 18.0 Å². The second kappa shape index (κ2) is 6.59. The van der Waals surface area contributed by atoms with Crippen LogP contribution in [0.3, 0.4) is 0 Å². The molecule has 1 amide bonds. The van der Waals surface area contributed by atoms with Gasteiger partial charge in [0, 0.05) is 17.4 Å². The van der Waals surface area contributed by atoms with Crippen molar-refractivity contribution in [3.8, 4) is 0 Å². The lowest BCUT2D eigenvalue weighted by molar-refractivity contribution is -0.137. The van der Waals surface area contributed by atoms with E-state index >= 15 is 0 Å². The van der Waals surface area contributed by atoms with Gasteiger partial charge in [-0.05, 0) is 43.2 Å². The van der Waals surface area contributed by atoms with E-state index in [9.17, 15) is 18.0 Å². The minimum Gasteiger partial charge on any atom is -0.376 e. The quantitative estimate of drug-likeness (QED) is 0.848. The standard InChI is InChI=1S/C18H16ClF3N2O/c1-11-8-12-4-2-3-5-16(12)24(11)17(25)10-23-13-6-7-15(19)14(9-13)18(20,21)22/h2-7,9,11,23H,8,10H2,1H3. The fourth-order valence-corrected chi connectivity index (χ4v) is 3.29. The van der Waals surface area contributed by atoms with Crippen LogP contribution < -0.4 is 10.2 Å². The van der Waals surface area contributed by atoms with Crippen molar-refractivity contribution in [1.82, 2.24) is 0 Å². The summed E-state index contributed by atoms with van der Waals surface area (Å²) in [5.41, 5.74) is 1.22. The Morgan fingerprint density at radius 2 is 2.00 bits per heavy atom. The van der Waals surface area contributed by atoms with Gasteiger partial charge >= 0.3 is 6.18 Å². The number of amides is 1. The van der Waals surface area contributed by atoms with E-state index in [-0.39, 0.29) is 29.2 Å². The second-order valence-corrected chi connectivity index (χ2v) is 6.40. The maximum Gasteiger partial charge on any atom is 0.417 e. The van der Waals surface area contributed by atoms with Crippen LogP contribution in [-0.2, 0) is 17.4 Å². The summed E-state index contributed by atoms with van der Waals surface area (Å²) < 4.78 is 38.7. The molecule has 1 unspecified atom stereocenters. The lowest BCUT2D eigenvalue weighted by Crippen LogP contribution is -2.39. The van der Waals surface area contributed by atoms with E-state index in [1.165, 1.54) is 12.1 Å². The van der Waals surface area contributed by atoms with Gasteiger partial charge in [-0.25, -0.2) is 0 Å². The first kappa shape index (κ1) is 17.6. The largest absolute Gasteiger partial charge is 0.417 e. The van der Waals surface area contributed by atoms with Crippen molar-refractivity contribution in [1.29, 1.82) is 0 Å². The van der Waals surface area contributed by atoms with Crippen LogP contribution in [0.1, 0.15) is 18.1 Å². The van der Waals surface area contributed by atoms with Gasteiger partial charge in [-0.2, -0.15) is 13.2 Å². The Labute approximate surface area is 148 Å². The highest BCUT2D eigenvalue weighted by atomic mass is 35.5. The van der Waals surface area contributed by atoms with E-state index in [4.69, 9.17) is 11.6 Å². The normalized spacial score (nSPS) is 16.7. The van der Waals surface area contributed by atoms with Gasteiger partial charge in [-0.15, -0.1) is 0 Å². The Morgan fingerprint density at radius 1 is 1.28 bits per heavy atom. The van der Waals surface area contributed by atoms with E-state index < -0.39 is 11.7 Å². The van der Waals surface area contributed by atoms with E-state index in [0.29, 0.717) is 0 Å². The highest BCUT2D eigenvalue weighted by Gasteiger charge is 2.34. The Balaban J connectivity index is 1.73. The van der Waals surface area contributed by atoms with Crippen LogP contribution in [0.15, 0.2) is 42.5 Å². The number of nitrogens with zero attached hydrogens (tertiary/aromatic N) is 1. The molecule has 0 spiro atoms. The predicted octanol–water partition coefficient (Wildman–Crippen LogP) is 4.75. The third kappa shape index (κ3) is 3.58. The first-order chi connectivity index (χ1) is 11.8. The van der Waals surface area contributed by atoms with Crippen molar-refractivity contribution in [2.24, 2.45) is 0 Å². The number of anilines is 2. The molecular weight excluding hydrogens is 353 g/mol. The lowest BCUT2D eigenvalue weighted by atomic mass is 10.1. The van der Waals surface area contributed by atoms with E-state index in [1.807, 2.05) is 31.2 Å². The summed E-state index contributed by atoms with van der Waals surface area (Å²) in [5, 5.41) is 2.39. The molecule has 0 aromatic heterocycles. The van der Waals surface area contributed by atoms with Crippen LogP contribution in [0, 0.1) is 0 Å². The van der Waals surface area contributed by atoms with Gasteiger partial charge in [-0.1, -0.05) is 29.8 Å². The summed E-state index contributed by atoms with van der Waals surface area (Å²) in [7, 11) is 0. The van der Waals surface area contributed by atoms with Crippen molar-refractivity contribution in [3.63, 3.8) is 0 Å². The van der Waals surface area contributed by atoms with Gasteiger partial charge in [-0.3, -0.25) is 4.79 Å². The third-order valence-corrected chi connectivity index (χ3v) is 4.52. The van der Waals surface area contributed by atoms with Crippen molar-refractivity contribution in [2.45, 2.75) is 25.6 Å². The number of halogens is 4. The molecule has 0 aliphatic carbocycles. The van der Waals surface area contributed by atoms with Crippen LogP contribution >= 0.6 is 11.6 Å². The maximum atomic E-state index is 12.9. The Morgan fingerprint density at radius 3 is 2.72 bits per heavy atom. The summed E-state index contributed by atoms with van der Waals surface area (Å²) in [6.07, 6.45) is -3.78. The van der Waals surface area contributed by atoms with Crippen molar-refractivity contribution in [3.05, 3.63) is 58.6 Å². The molecule has 1 aliphatic rings. The van der Waals surface area contributed by atoms with Crippen LogP contribution in [0.5, 0.6) is 0 Å². The van der Waals surface area contributed by atoms with Gasteiger partial charge in [0.25, 0.3) is 0 Å². The average molecular weight is 369 g/mol. The highest BCUT2D eigenvalue weighted by molar-refractivity contribution is 6.31. The molecular formula is C18H16ClF3N2O. The molecule has 0 bridgehead atoms. The summed E-state index contributed by atoms with van der Waals surface area (Å²) >= 11 is 5.60. The molecule has 0 saturated heterocycles. The fraction of sp³-hybridized carbons (Fsp3) is 0.278. The number of para-hydroxylation sites is 1. The van der Waals surface area contributed by atoms with E-state index in [1.54, 1.807) is 4.90 Å². The maximum absolute atomic E-state index is 12.9. The molecule has 3 nitrogen and oxygen atoms in total. The molecule has 7 heteroatoms. The lowest BCUT2D eigenvalue weighted by Gasteiger charge is -2.23. The van der Waals surface area contributed by atoms with Crippen LogP contribution in [0.25, 0.3) is 0 Å². The molecule has 1 atom stereocenters. The highest BCUT2D eigenvalue weighted by Crippen LogP contribution is 2.36. The SMILES string of the molecule is CC1Cc2ccccc2N1C(=O)CNc1ccc(Cl)c(C(F)(F)F)c1. The van der Waals surface area contributed by atoms with E-state index in [0.717, 1.165) is 23.7 Å². The smallest absolute Gasteiger partial charge is 0.376 e. The first-order valence-electron chi connectivity index (χ1n) is 7.78. The van der Waals surface area contributed by atoms with Crippen molar-refractivity contribution in [2.75, 3.05) is 16.8 Å². The van der Waals surface area contributed by atoms with Gasteiger partial charge in [0.15, 0.2) is 0 Å². The minimum absolute atomic E-state index is 0.0163. The summed E-state index contributed by atoms with van der Waals surface area (Å²) in [5.74, 6) is -0.194. The van der Waals surface area contributed by atoms with Crippen molar-refractivity contribution >= 4 is 28.9 Å². The van der Waals surface area contributed by atoms with E-state index in [2.05, 4.69) is 5.32 Å². The van der Waals surface area contributed by atoms with Crippen LogP contribution in [-0.4, -0.2) is 18.5 Å². The number of hydrogen-bond acceptors (Lipinski definition) is 2. The monoisotopic (exact) mass is 368 g/mol. The Bertz CT molecular complexity index is 807. The zero-order valence-electron chi connectivity index (χ0n) is 13.4. The Hall–Kier alpha value is -2.21. The number of benzene rings is 2. The summed E-state index contributed by atoms with van der Waals surface area (Å²) in [6, 6.07) is 11.2. The van der Waals surface area contributed by atoms with Gasteiger partial charge in [0.1, 0.15) is 0 Å². The van der Waals surface area contributed by atoms with Gasteiger partial charge in [0.05, 0.1) is 17.1 Å². The number of carbonyl (C=O) groups is 1. The minimum atomic E-state index is -4.54. The predicted molar refractivity (Wildman–Crippen MR) is 92.0 cm³/mol. The number of hydrogen-bond donors (Lipinski definition) is 1. The molecule has 1 N–H and O–H groups in total. The summed E-state index contributed by atoms with van der Waals surface area (Å²) in [6.45, 7) is 1.85. The molecule has 0 fully saturated rings. The van der Waals surface area contributed by atoms with Gasteiger partial charge in [0.2, 0.25) is 5.91 Å². The average Bonchev–Trinajstić information content (AvgIpc) is 2.88. The first-order valence-corrected chi connectivity index (χ1v) is 8.16. The summed E-state index contributed by atoms with van der Waals surface area (Å²) in [4.78, 5) is 14.2. The molecule has 0 radical (unpaired) electrons. The molecule has 132 valence electrons. The molecule has 1 aliphatic heterocycles. The second-order valence-electron chi connectivity index (χ2n) is 5.99. The van der Waals surface area contributed by atoms with Crippen LogP contribution in [0.4, 0.5) is 24.5 Å². The molecule has 25 heavy (non-hydrogen) atoms. The Kier molecular flexibility index (Phi) is 4.64. The number of alkyl halides is 3. The number of rotatable bonds is 3. The van der Waals surface area contributed by atoms with Gasteiger partial charge < -0.3 is 10.2 Å².